The minimum absolute atomic E-state index is 0.142. The minimum atomic E-state index is -3.53. The van der Waals surface area contributed by atoms with E-state index in [9.17, 15) is 8.42 Å². The summed E-state index contributed by atoms with van der Waals surface area (Å²) in [6, 6.07) is 16.5. The molecule has 1 N–H and O–H groups in total. The largest absolute Gasteiger partial charge is 0.377 e. The van der Waals surface area contributed by atoms with Crippen LogP contribution in [0.15, 0.2) is 59.5 Å². The highest BCUT2D eigenvalue weighted by Gasteiger charge is 2.22. The van der Waals surface area contributed by atoms with Crippen LogP contribution >= 0.6 is 0 Å². The molecule has 0 saturated carbocycles. The van der Waals surface area contributed by atoms with Crippen LogP contribution in [0.3, 0.4) is 0 Å². The Morgan fingerprint density at radius 1 is 1.04 bits per heavy atom. The van der Waals surface area contributed by atoms with Crippen LogP contribution in [-0.4, -0.2) is 21.6 Å². The van der Waals surface area contributed by atoms with Gasteiger partial charge in [0, 0.05) is 13.2 Å². The maximum Gasteiger partial charge on any atom is 0.240 e. The lowest BCUT2D eigenvalue weighted by atomic mass is 10.0. The topological polar surface area (TPSA) is 55.4 Å². The zero-order valence-corrected chi connectivity index (χ0v) is 15.2. The molecule has 0 radical (unpaired) electrons. The first kappa shape index (κ1) is 18.6. The molecule has 0 bridgehead atoms. The third kappa shape index (κ3) is 4.90. The Bertz CT molecular complexity index is 727. The van der Waals surface area contributed by atoms with E-state index >= 15 is 0 Å². The Labute approximate surface area is 144 Å². The summed E-state index contributed by atoms with van der Waals surface area (Å²) in [4.78, 5) is 0.292. The normalized spacial score (nSPS) is 14.3. The summed E-state index contributed by atoms with van der Waals surface area (Å²) in [5.41, 5.74) is 2.08. The van der Waals surface area contributed by atoms with E-state index in [4.69, 9.17) is 4.74 Å². The third-order valence-electron chi connectivity index (χ3n) is 4.10. The quantitative estimate of drug-likeness (QED) is 0.789. The Hall–Kier alpha value is -1.69. The Morgan fingerprint density at radius 2 is 1.67 bits per heavy atom. The molecule has 0 fully saturated rings. The highest BCUT2D eigenvalue weighted by atomic mass is 32.2. The average molecular weight is 347 g/mol. The number of ether oxygens (including phenoxy) is 1. The van der Waals surface area contributed by atoms with Crippen LogP contribution in [0.2, 0.25) is 0 Å². The van der Waals surface area contributed by atoms with Crippen molar-refractivity contribution >= 4 is 10.0 Å². The van der Waals surface area contributed by atoms with Gasteiger partial charge in [0.1, 0.15) is 0 Å². The number of hydrogen-bond donors (Lipinski definition) is 1. The number of hydrogen-bond acceptors (Lipinski definition) is 3. The van der Waals surface area contributed by atoms with E-state index < -0.39 is 10.0 Å². The van der Waals surface area contributed by atoms with Gasteiger partial charge in [-0.2, -0.15) is 0 Å². The Balaban J connectivity index is 2.12. The van der Waals surface area contributed by atoms with Crippen LogP contribution in [0.1, 0.15) is 37.0 Å². The summed E-state index contributed by atoms with van der Waals surface area (Å²) in [7, 11) is -1.88. The zero-order chi connectivity index (χ0) is 17.6. The number of benzene rings is 2. The Kier molecular flexibility index (Phi) is 6.54. The van der Waals surface area contributed by atoms with Gasteiger partial charge in [-0.1, -0.05) is 55.0 Å². The van der Waals surface area contributed by atoms with Crippen LogP contribution < -0.4 is 4.72 Å². The maximum atomic E-state index is 12.6. The van der Waals surface area contributed by atoms with Crippen molar-refractivity contribution in [2.75, 3.05) is 7.11 Å². The predicted octanol–water partition coefficient (Wildman–Crippen LogP) is 3.83. The number of methoxy groups -OCH3 is 1. The Morgan fingerprint density at radius 3 is 2.21 bits per heavy atom. The summed E-state index contributed by atoms with van der Waals surface area (Å²) in [5.74, 6) is 0. The van der Waals surface area contributed by atoms with E-state index in [1.165, 1.54) is 0 Å². The molecule has 4 nitrogen and oxygen atoms in total. The first-order valence-corrected chi connectivity index (χ1v) is 9.61. The van der Waals surface area contributed by atoms with E-state index in [2.05, 4.69) is 4.72 Å². The average Bonchev–Trinajstić information content (AvgIpc) is 2.59. The predicted molar refractivity (Wildman–Crippen MR) is 96.4 cm³/mol. The molecule has 0 aromatic heterocycles. The van der Waals surface area contributed by atoms with E-state index in [1.807, 2.05) is 44.2 Å². The number of nitrogens with one attached hydrogen (secondary N) is 1. The molecule has 2 rings (SSSR count). The molecule has 0 spiro atoms. The van der Waals surface area contributed by atoms with Gasteiger partial charge >= 0.3 is 0 Å². The molecular formula is C19H25NO3S. The SMILES string of the molecule is CC[C@@H](C[C@H](OC)c1ccccc1)NS(=O)(=O)c1ccc(C)cc1. The molecule has 2 atom stereocenters. The molecule has 24 heavy (non-hydrogen) atoms. The minimum Gasteiger partial charge on any atom is -0.377 e. The standard InChI is InChI=1S/C19H25NO3S/c1-4-17(14-19(23-3)16-8-6-5-7-9-16)20-24(21,22)18-12-10-15(2)11-13-18/h5-13,17,19-20H,4,14H2,1-3H3/t17-,19-/m0/s1. The van der Waals surface area contributed by atoms with E-state index in [0.29, 0.717) is 17.7 Å². The number of sulfonamides is 1. The summed E-state index contributed by atoms with van der Waals surface area (Å²) >= 11 is 0. The van der Waals surface area contributed by atoms with E-state index in [-0.39, 0.29) is 12.1 Å². The van der Waals surface area contributed by atoms with Gasteiger partial charge in [0.15, 0.2) is 0 Å². The number of rotatable bonds is 8. The highest BCUT2D eigenvalue weighted by Crippen LogP contribution is 2.23. The third-order valence-corrected chi connectivity index (χ3v) is 5.64. The van der Waals surface area contributed by atoms with Crippen LogP contribution in [0.25, 0.3) is 0 Å². The monoisotopic (exact) mass is 347 g/mol. The molecule has 0 aliphatic rings. The highest BCUT2D eigenvalue weighted by molar-refractivity contribution is 7.89. The van der Waals surface area contributed by atoms with E-state index in [1.54, 1.807) is 31.4 Å². The molecule has 2 aromatic carbocycles. The molecular weight excluding hydrogens is 322 g/mol. The molecule has 130 valence electrons. The lowest BCUT2D eigenvalue weighted by molar-refractivity contribution is 0.0874. The second-order valence-electron chi connectivity index (χ2n) is 5.91. The zero-order valence-electron chi connectivity index (χ0n) is 14.4. The summed E-state index contributed by atoms with van der Waals surface area (Å²) in [6.07, 6.45) is 1.14. The van der Waals surface area contributed by atoms with Crippen LogP contribution in [0, 0.1) is 6.92 Å². The fourth-order valence-corrected chi connectivity index (χ4v) is 3.93. The van der Waals surface area contributed by atoms with Gasteiger partial charge in [0.25, 0.3) is 0 Å². The summed E-state index contributed by atoms with van der Waals surface area (Å²) < 4.78 is 33.5. The second kappa shape index (κ2) is 8.42. The molecule has 0 unspecified atom stereocenters. The van der Waals surface area contributed by atoms with Crippen LogP contribution in [-0.2, 0) is 14.8 Å². The summed E-state index contributed by atoms with van der Waals surface area (Å²) in [6.45, 7) is 3.90. The van der Waals surface area contributed by atoms with Crippen molar-refractivity contribution in [2.45, 2.75) is 43.7 Å². The first-order chi connectivity index (χ1) is 11.5. The van der Waals surface area contributed by atoms with Crippen molar-refractivity contribution in [1.82, 2.24) is 4.72 Å². The molecule has 0 amide bonds. The van der Waals surface area contributed by atoms with Crippen molar-refractivity contribution in [3.8, 4) is 0 Å². The maximum absolute atomic E-state index is 12.6. The smallest absolute Gasteiger partial charge is 0.240 e. The lowest BCUT2D eigenvalue weighted by Gasteiger charge is -2.23. The van der Waals surface area contributed by atoms with Crippen molar-refractivity contribution in [2.24, 2.45) is 0 Å². The van der Waals surface area contributed by atoms with Gasteiger partial charge in [-0.05, 0) is 37.5 Å². The van der Waals surface area contributed by atoms with Gasteiger partial charge in [-0.25, -0.2) is 13.1 Å². The van der Waals surface area contributed by atoms with Crippen LogP contribution in [0.4, 0.5) is 0 Å². The summed E-state index contributed by atoms with van der Waals surface area (Å²) in [5, 5.41) is 0. The first-order valence-electron chi connectivity index (χ1n) is 8.13. The van der Waals surface area contributed by atoms with Gasteiger partial charge in [0.2, 0.25) is 10.0 Å². The fourth-order valence-electron chi connectivity index (χ4n) is 2.60. The van der Waals surface area contributed by atoms with Crippen LogP contribution in [0.5, 0.6) is 0 Å². The van der Waals surface area contributed by atoms with Crippen molar-refractivity contribution in [3.05, 3.63) is 65.7 Å². The molecule has 0 aliphatic carbocycles. The van der Waals surface area contributed by atoms with E-state index in [0.717, 1.165) is 11.1 Å². The molecule has 0 heterocycles. The van der Waals surface area contributed by atoms with Gasteiger partial charge in [0.05, 0.1) is 11.0 Å². The molecule has 5 heteroatoms. The fraction of sp³-hybridized carbons (Fsp3) is 0.368. The van der Waals surface area contributed by atoms with Gasteiger partial charge < -0.3 is 4.74 Å². The van der Waals surface area contributed by atoms with Gasteiger partial charge in [-0.3, -0.25) is 0 Å². The second-order valence-corrected chi connectivity index (χ2v) is 7.62. The van der Waals surface area contributed by atoms with Crippen molar-refractivity contribution < 1.29 is 13.2 Å². The molecule has 0 aliphatic heterocycles. The lowest BCUT2D eigenvalue weighted by Crippen LogP contribution is -2.35. The number of aryl methyl sites for hydroxylation is 1. The van der Waals surface area contributed by atoms with Gasteiger partial charge in [-0.15, -0.1) is 0 Å². The molecule has 0 saturated heterocycles. The van der Waals surface area contributed by atoms with Crippen molar-refractivity contribution in [1.29, 1.82) is 0 Å². The van der Waals surface area contributed by atoms with Crippen molar-refractivity contribution in [3.63, 3.8) is 0 Å². The molecule has 2 aromatic rings.